The summed E-state index contributed by atoms with van der Waals surface area (Å²) in [5, 5.41) is 3.02. The van der Waals surface area contributed by atoms with Gasteiger partial charge in [0, 0.05) is 17.2 Å². The molecule has 0 atom stereocenters. The molecule has 0 radical (unpaired) electrons. The highest BCUT2D eigenvalue weighted by molar-refractivity contribution is 9.10. The Bertz CT molecular complexity index is 884. The normalized spacial score (nSPS) is 10.7. The number of ether oxygens (including phenoxy) is 1. The highest BCUT2D eigenvalue weighted by Gasteiger charge is 2.12. The highest BCUT2D eigenvalue weighted by Crippen LogP contribution is 2.18. The Kier molecular flexibility index (Phi) is 6.44. The van der Waals surface area contributed by atoms with E-state index in [1.165, 1.54) is 0 Å². The fourth-order valence-corrected chi connectivity index (χ4v) is 2.87. The quantitative estimate of drug-likeness (QED) is 0.545. The van der Waals surface area contributed by atoms with Gasteiger partial charge in [0.1, 0.15) is 17.5 Å². The van der Waals surface area contributed by atoms with Gasteiger partial charge in [-0.3, -0.25) is 4.79 Å². The first kappa shape index (κ1) is 18.6. The Morgan fingerprint density at radius 1 is 1.19 bits per heavy atom. The van der Waals surface area contributed by atoms with E-state index in [-0.39, 0.29) is 11.1 Å². The summed E-state index contributed by atoms with van der Waals surface area (Å²) in [4.78, 5) is 16.2. The largest absolute Gasteiger partial charge is 0.467 e. The number of halogens is 2. The molecule has 0 saturated carbocycles. The second-order valence-corrected chi connectivity index (χ2v) is 6.84. The van der Waals surface area contributed by atoms with Gasteiger partial charge in [-0.25, -0.2) is 4.98 Å². The van der Waals surface area contributed by atoms with Crippen LogP contribution in [-0.4, -0.2) is 10.9 Å². The third-order valence-corrected chi connectivity index (χ3v) is 4.32. The topological polar surface area (TPSA) is 64.4 Å². The maximum Gasteiger partial charge on any atom is 0.254 e. The van der Waals surface area contributed by atoms with Crippen molar-refractivity contribution in [3.05, 3.63) is 87.0 Å². The van der Waals surface area contributed by atoms with Crippen LogP contribution in [0.3, 0.4) is 0 Å². The number of furan rings is 1. The minimum absolute atomic E-state index is 0.172. The number of rotatable bonds is 7. The summed E-state index contributed by atoms with van der Waals surface area (Å²) in [7, 11) is 0. The maximum atomic E-state index is 12.3. The Labute approximate surface area is 164 Å². The van der Waals surface area contributed by atoms with Crippen molar-refractivity contribution in [1.82, 2.24) is 10.3 Å². The lowest BCUT2D eigenvalue weighted by Gasteiger charge is -2.09. The molecular weight excluding hydrogens is 420 g/mol. The molecule has 0 fully saturated rings. The SMILES string of the molecule is O=C(NCc1cccc(COCc2ccco2)c1)c1cc(Br)cnc1Cl. The van der Waals surface area contributed by atoms with Crippen LogP contribution in [0.2, 0.25) is 5.15 Å². The van der Waals surface area contributed by atoms with Crippen LogP contribution >= 0.6 is 27.5 Å². The van der Waals surface area contributed by atoms with E-state index in [1.807, 2.05) is 36.4 Å². The third-order valence-electron chi connectivity index (χ3n) is 3.59. The molecule has 26 heavy (non-hydrogen) atoms. The van der Waals surface area contributed by atoms with Crippen LogP contribution in [0.1, 0.15) is 27.2 Å². The van der Waals surface area contributed by atoms with E-state index in [0.29, 0.717) is 29.8 Å². The highest BCUT2D eigenvalue weighted by atomic mass is 79.9. The van der Waals surface area contributed by atoms with Crippen LogP contribution in [0.25, 0.3) is 0 Å². The lowest BCUT2D eigenvalue weighted by Crippen LogP contribution is -2.23. The molecule has 1 N–H and O–H groups in total. The van der Waals surface area contributed by atoms with Crippen LogP contribution < -0.4 is 5.32 Å². The van der Waals surface area contributed by atoms with Gasteiger partial charge >= 0.3 is 0 Å². The predicted octanol–water partition coefficient (Wildman–Crippen LogP) is 4.74. The Morgan fingerprint density at radius 3 is 2.85 bits per heavy atom. The van der Waals surface area contributed by atoms with Gasteiger partial charge in [0.2, 0.25) is 0 Å². The smallest absolute Gasteiger partial charge is 0.254 e. The number of amides is 1. The van der Waals surface area contributed by atoms with Crippen molar-refractivity contribution in [3.8, 4) is 0 Å². The van der Waals surface area contributed by atoms with Crippen molar-refractivity contribution in [1.29, 1.82) is 0 Å². The van der Waals surface area contributed by atoms with Crippen LogP contribution in [0.15, 0.2) is 63.8 Å². The van der Waals surface area contributed by atoms with Gasteiger partial charge in [-0.2, -0.15) is 0 Å². The molecule has 1 aromatic carbocycles. The Hall–Kier alpha value is -2.15. The average molecular weight is 436 g/mol. The van der Waals surface area contributed by atoms with Gasteiger partial charge in [-0.15, -0.1) is 0 Å². The predicted molar refractivity (Wildman–Crippen MR) is 102 cm³/mol. The average Bonchev–Trinajstić information content (AvgIpc) is 3.15. The van der Waals surface area contributed by atoms with Crippen LogP contribution in [0.5, 0.6) is 0 Å². The van der Waals surface area contributed by atoms with Gasteiger partial charge in [0.15, 0.2) is 0 Å². The molecule has 0 aliphatic carbocycles. The molecule has 3 aromatic rings. The van der Waals surface area contributed by atoms with E-state index in [1.54, 1.807) is 18.5 Å². The van der Waals surface area contributed by atoms with Crippen LogP contribution in [0, 0.1) is 0 Å². The van der Waals surface area contributed by atoms with Gasteiger partial charge in [-0.05, 0) is 45.3 Å². The molecule has 1 amide bonds. The molecular formula is C19H16BrClN2O3. The number of carbonyl (C=O) groups excluding carboxylic acids is 1. The molecule has 3 rings (SSSR count). The van der Waals surface area contributed by atoms with Gasteiger partial charge < -0.3 is 14.5 Å². The van der Waals surface area contributed by atoms with Crippen molar-refractivity contribution in [3.63, 3.8) is 0 Å². The van der Waals surface area contributed by atoms with Crippen molar-refractivity contribution < 1.29 is 13.9 Å². The second kappa shape index (κ2) is 8.98. The molecule has 0 aliphatic rings. The molecule has 0 saturated heterocycles. The second-order valence-electron chi connectivity index (χ2n) is 5.57. The summed E-state index contributed by atoms with van der Waals surface area (Å²) >= 11 is 9.27. The van der Waals surface area contributed by atoms with E-state index in [0.717, 1.165) is 16.9 Å². The minimum atomic E-state index is -0.275. The van der Waals surface area contributed by atoms with E-state index in [2.05, 4.69) is 26.2 Å². The van der Waals surface area contributed by atoms with Crippen molar-refractivity contribution in [2.75, 3.05) is 0 Å². The fourth-order valence-electron chi connectivity index (χ4n) is 2.35. The summed E-state index contributed by atoms with van der Waals surface area (Å²) in [6, 6.07) is 13.2. The number of nitrogens with zero attached hydrogens (tertiary/aromatic N) is 1. The minimum Gasteiger partial charge on any atom is -0.467 e. The summed E-state index contributed by atoms with van der Waals surface area (Å²) < 4.78 is 11.6. The summed E-state index contributed by atoms with van der Waals surface area (Å²) in [5.74, 6) is 0.510. The van der Waals surface area contributed by atoms with E-state index in [9.17, 15) is 4.79 Å². The van der Waals surface area contributed by atoms with Gasteiger partial charge in [0.05, 0.1) is 18.4 Å². The number of carbonyl (C=O) groups is 1. The molecule has 5 nitrogen and oxygen atoms in total. The Balaban J connectivity index is 1.54. The monoisotopic (exact) mass is 434 g/mol. The first-order valence-corrected chi connectivity index (χ1v) is 9.06. The number of nitrogens with one attached hydrogen (secondary N) is 1. The first-order chi connectivity index (χ1) is 12.6. The van der Waals surface area contributed by atoms with Gasteiger partial charge in [-0.1, -0.05) is 35.9 Å². The number of aromatic nitrogens is 1. The van der Waals surface area contributed by atoms with Crippen molar-refractivity contribution in [2.45, 2.75) is 19.8 Å². The lowest BCUT2D eigenvalue weighted by atomic mass is 10.1. The Morgan fingerprint density at radius 2 is 2.04 bits per heavy atom. The zero-order valence-electron chi connectivity index (χ0n) is 13.7. The van der Waals surface area contributed by atoms with E-state index >= 15 is 0 Å². The first-order valence-electron chi connectivity index (χ1n) is 7.89. The molecule has 2 heterocycles. The summed E-state index contributed by atoms with van der Waals surface area (Å²) in [6.07, 6.45) is 3.17. The molecule has 134 valence electrons. The van der Waals surface area contributed by atoms with Crippen LogP contribution in [0.4, 0.5) is 0 Å². The molecule has 0 unspecified atom stereocenters. The van der Waals surface area contributed by atoms with Gasteiger partial charge in [0.25, 0.3) is 5.91 Å². The number of pyridine rings is 1. The summed E-state index contributed by atoms with van der Waals surface area (Å²) in [6.45, 7) is 1.26. The number of benzene rings is 1. The third kappa shape index (κ3) is 5.17. The zero-order valence-corrected chi connectivity index (χ0v) is 16.1. The lowest BCUT2D eigenvalue weighted by molar-refractivity contribution is 0.0928. The standard InChI is InChI=1S/C19H16BrClN2O3/c20-15-8-17(18(21)22-10-15)19(24)23-9-13-3-1-4-14(7-13)11-25-12-16-5-2-6-26-16/h1-8,10H,9,11-12H2,(H,23,24). The molecule has 0 bridgehead atoms. The van der Waals surface area contributed by atoms with Crippen molar-refractivity contribution in [2.24, 2.45) is 0 Å². The number of hydrogen-bond acceptors (Lipinski definition) is 4. The van der Waals surface area contributed by atoms with Crippen LogP contribution in [-0.2, 0) is 24.5 Å². The maximum absolute atomic E-state index is 12.3. The fraction of sp³-hybridized carbons (Fsp3) is 0.158. The van der Waals surface area contributed by atoms with E-state index < -0.39 is 0 Å². The molecule has 0 spiro atoms. The number of hydrogen-bond donors (Lipinski definition) is 1. The van der Waals surface area contributed by atoms with Crippen molar-refractivity contribution >= 4 is 33.4 Å². The van der Waals surface area contributed by atoms with E-state index in [4.69, 9.17) is 20.8 Å². The zero-order chi connectivity index (χ0) is 18.4. The summed E-state index contributed by atoms with van der Waals surface area (Å²) in [5.41, 5.74) is 2.32. The molecule has 0 aliphatic heterocycles. The molecule has 2 aromatic heterocycles. The molecule has 7 heteroatoms.